The number of nitrogens with one attached hydrogen (secondary N) is 1. The molecule has 1 aliphatic carbocycles. The maximum absolute atomic E-state index is 11.9. The first-order valence-corrected chi connectivity index (χ1v) is 7.54. The molecule has 114 valence electrons. The largest absolute Gasteiger partial charge is 0.480 e. The van der Waals surface area contributed by atoms with Gasteiger partial charge < -0.3 is 10.4 Å². The fourth-order valence-corrected chi connectivity index (χ4v) is 2.91. The molecule has 0 aromatic heterocycles. The van der Waals surface area contributed by atoms with Gasteiger partial charge in [-0.25, -0.2) is 4.79 Å². The summed E-state index contributed by atoms with van der Waals surface area (Å²) in [4.78, 5) is 23.0. The van der Waals surface area contributed by atoms with Crippen molar-refractivity contribution >= 4 is 11.9 Å². The summed E-state index contributed by atoms with van der Waals surface area (Å²) in [6.07, 6.45) is 2.45. The van der Waals surface area contributed by atoms with Crippen molar-refractivity contribution in [2.75, 3.05) is 0 Å². The van der Waals surface area contributed by atoms with Crippen LogP contribution in [0.3, 0.4) is 0 Å². The summed E-state index contributed by atoms with van der Waals surface area (Å²) >= 11 is 0. The summed E-state index contributed by atoms with van der Waals surface area (Å²) < 4.78 is 0. The second-order valence-electron chi connectivity index (χ2n) is 6.28. The molecular weight excluding hydrogens is 266 g/mol. The molecule has 0 unspecified atom stereocenters. The van der Waals surface area contributed by atoms with Crippen molar-refractivity contribution in [3.63, 3.8) is 0 Å². The summed E-state index contributed by atoms with van der Waals surface area (Å²) in [5, 5.41) is 11.7. The summed E-state index contributed by atoms with van der Waals surface area (Å²) in [6, 6.07) is 9.54. The van der Waals surface area contributed by atoms with Gasteiger partial charge in [-0.15, -0.1) is 0 Å². The summed E-state index contributed by atoms with van der Waals surface area (Å²) in [5.74, 6) is -0.298. The molecule has 1 aromatic carbocycles. The van der Waals surface area contributed by atoms with E-state index in [9.17, 15) is 9.59 Å². The zero-order chi connectivity index (χ0) is 15.4. The van der Waals surface area contributed by atoms with Crippen molar-refractivity contribution in [2.45, 2.75) is 45.1 Å². The fraction of sp³-hybridized carbons (Fsp3) is 0.529. The van der Waals surface area contributed by atoms with Crippen molar-refractivity contribution in [1.82, 2.24) is 5.32 Å². The Bertz CT molecular complexity index is 492. The maximum Gasteiger partial charge on any atom is 0.326 e. The van der Waals surface area contributed by atoms with Gasteiger partial charge in [0.2, 0.25) is 5.91 Å². The van der Waals surface area contributed by atoms with Crippen LogP contribution in [-0.2, 0) is 9.59 Å². The Morgan fingerprint density at radius 3 is 2.38 bits per heavy atom. The molecule has 2 N–H and O–H groups in total. The van der Waals surface area contributed by atoms with Crippen LogP contribution in [0.4, 0.5) is 0 Å². The lowest BCUT2D eigenvalue weighted by Gasteiger charge is -2.35. The number of hydrogen-bond donors (Lipinski definition) is 2. The van der Waals surface area contributed by atoms with Crippen molar-refractivity contribution in [1.29, 1.82) is 0 Å². The van der Waals surface area contributed by atoms with Crippen molar-refractivity contribution in [2.24, 2.45) is 11.8 Å². The maximum atomic E-state index is 11.9. The van der Waals surface area contributed by atoms with Crippen LogP contribution in [0.2, 0.25) is 0 Å². The molecule has 1 amide bonds. The molecule has 0 aliphatic heterocycles. The number of carboxylic acids is 1. The Morgan fingerprint density at radius 1 is 1.24 bits per heavy atom. The highest BCUT2D eigenvalue weighted by atomic mass is 16.4. The lowest BCUT2D eigenvalue weighted by Crippen LogP contribution is -2.45. The van der Waals surface area contributed by atoms with E-state index in [1.54, 1.807) is 13.8 Å². The van der Waals surface area contributed by atoms with Gasteiger partial charge in [0.15, 0.2) is 0 Å². The number of hydrogen-bond acceptors (Lipinski definition) is 2. The van der Waals surface area contributed by atoms with E-state index in [0.29, 0.717) is 18.3 Å². The second-order valence-corrected chi connectivity index (χ2v) is 6.28. The van der Waals surface area contributed by atoms with E-state index >= 15 is 0 Å². The Labute approximate surface area is 125 Å². The third kappa shape index (κ3) is 4.06. The SMILES string of the molecule is CC(C)[C@@H](NC(=O)CC1CC(c2ccccc2)C1)C(=O)O. The van der Waals surface area contributed by atoms with Crippen molar-refractivity contribution < 1.29 is 14.7 Å². The van der Waals surface area contributed by atoms with Crippen LogP contribution in [0.25, 0.3) is 0 Å². The van der Waals surface area contributed by atoms with Gasteiger partial charge in [-0.1, -0.05) is 44.2 Å². The standard InChI is InChI=1S/C17H23NO3/c1-11(2)16(17(20)21)18-15(19)10-12-8-14(9-12)13-6-4-3-5-7-13/h3-7,11-12,14,16H,8-10H2,1-2H3,(H,18,19)(H,20,21)/t12?,14?,16-/m1/s1. The van der Waals surface area contributed by atoms with E-state index in [1.165, 1.54) is 5.56 Å². The summed E-state index contributed by atoms with van der Waals surface area (Å²) in [6.45, 7) is 3.60. The highest BCUT2D eigenvalue weighted by Gasteiger charge is 2.32. The number of aliphatic carboxylic acids is 1. The van der Waals surface area contributed by atoms with E-state index < -0.39 is 12.0 Å². The van der Waals surface area contributed by atoms with E-state index in [1.807, 2.05) is 18.2 Å². The highest BCUT2D eigenvalue weighted by molar-refractivity contribution is 5.83. The van der Waals surface area contributed by atoms with Gasteiger partial charge in [0.1, 0.15) is 6.04 Å². The normalized spacial score (nSPS) is 22.4. The predicted octanol–water partition coefficient (Wildman–Crippen LogP) is 2.80. The number of amides is 1. The topological polar surface area (TPSA) is 66.4 Å². The minimum atomic E-state index is -0.964. The van der Waals surface area contributed by atoms with Gasteiger partial charge >= 0.3 is 5.97 Å². The monoisotopic (exact) mass is 289 g/mol. The molecule has 4 nitrogen and oxygen atoms in total. The number of carbonyl (C=O) groups excluding carboxylic acids is 1. The molecule has 1 atom stereocenters. The molecule has 0 saturated heterocycles. The zero-order valence-electron chi connectivity index (χ0n) is 12.6. The number of carboxylic acid groups (broad SMARTS) is 1. The molecule has 1 saturated carbocycles. The number of carbonyl (C=O) groups is 2. The molecule has 1 aliphatic rings. The molecular formula is C17H23NO3. The van der Waals surface area contributed by atoms with E-state index in [2.05, 4.69) is 17.4 Å². The molecule has 0 heterocycles. The third-order valence-electron chi connectivity index (χ3n) is 4.23. The van der Waals surface area contributed by atoms with Gasteiger partial charge in [0, 0.05) is 6.42 Å². The molecule has 4 heteroatoms. The van der Waals surface area contributed by atoms with E-state index in [0.717, 1.165) is 12.8 Å². The molecule has 0 bridgehead atoms. The molecule has 1 aromatic rings. The molecule has 1 fully saturated rings. The Kier molecular flexibility index (Phi) is 4.99. The van der Waals surface area contributed by atoms with Gasteiger partial charge in [-0.2, -0.15) is 0 Å². The molecule has 0 radical (unpaired) electrons. The van der Waals surface area contributed by atoms with Crippen LogP contribution < -0.4 is 5.32 Å². The predicted molar refractivity (Wildman–Crippen MR) is 80.9 cm³/mol. The van der Waals surface area contributed by atoms with E-state index in [4.69, 9.17) is 5.11 Å². The third-order valence-corrected chi connectivity index (χ3v) is 4.23. The van der Waals surface area contributed by atoms with Crippen LogP contribution in [0.1, 0.15) is 44.6 Å². The quantitative estimate of drug-likeness (QED) is 0.846. The number of benzene rings is 1. The molecule has 21 heavy (non-hydrogen) atoms. The van der Waals surface area contributed by atoms with Crippen LogP contribution in [0.15, 0.2) is 30.3 Å². The molecule has 0 spiro atoms. The van der Waals surface area contributed by atoms with Gasteiger partial charge in [-0.3, -0.25) is 4.79 Å². The lowest BCUT2D eigenvalue weighted by atomic mass is 9.70. The van der Waals surface area contributed by atoms with Crippen LogP contribution >= 0.6 is 0 Å². The Balaban J connectivity index is 1.77. The minimum Gasteiger partial charge on any atom is -0.480 e. The average Bonchev–Trinajstić information content (AvgIpc) is 2.40. The van der Waals surface area contributed by atoms with Gasteiger partial charge in [0.05, 0.1) is 0 Å². The lowest BCUT2D eigenvalue weighted by molar-refractivity contribution is -0.143. The Hall–Kier alpha value is -1.84. The Morgan fingerprint density at radius 2 is 1.86 bits per heavy atom. The fourth-order valence-electron chi connectivity index (χ4n) is 2.91. The van der Waals surface area contributed by atoms with E-state index in [-0.39, 0.29) is 11.8 Å². The molecule has 2 rings (SSSR count). The second kappa shape index (κ2) is 6.74. The minimum absolute atomic E-state index is 0.107. The first-order valence-electron chi connectivity index (χ1n) is 7.54. The summed E-state index contributed by atoms with van der Waals surface area (Å²) in [5.41, 5.74) is 1.33. The zero-order valence-corrected chi connectivity index (χ0v) is 12.6. The van der Waals surface area contributed by atoms with Gasteiger partial charge in [0.25, 0.3) is 0 Å². The first-order chi connectivity index (χ1) is 9.97. The van der Waals surface area contributed by atoms with Crippen LogP contribution in [-0.4, -0.2) is 23.0 Å². The van der Waals surface area contributed by atoms with Crippen molar-refractivity contribution in [3.05, 3.63) is 35.9 Å². The van der Waals surface area contributed by atoms with Crippen LogP contribution in [0, 0.1) is 11.8 Å². The highest BCUT2D eigenvalue weighted by Crippen LogP contribution is 2.43. The number of rotatable bonds is 6. The first kappa shape index (κ1) is 15.5. The van der Waals surface area contributed by atoms with Crippen LogP contribution in [0.5, 0.6) is 0 Å². The average molecular weight is 289 g/mol. The van der Waals surface area contributed by atoms with Gasteiger partial charge in [-0.05, 0) is 36.2 Å². The summed E-state index contributed by atoms with van der Waals surface area (Å²) in [7, 11) is 0. The smallest absolute Gasteiger partial charge is 0.326 e. The van der Waals surface area contributed by atoms with Crippen molar-refractivity contribution in [3.8, 4) is 0 Å².